The Morgan fingerprint density at radius 1 is 1.00 bits per heavy atom. The fourth-order valence-electron chi connectivity index (χ4n) is 3.58. The smallest absolute Gasteiger partial charge is 0.118 e. The average Bonchev–Trinajstić information content (AvgIpc) is 2.59. The van der Waals surface area contributed by atoms with Gasteiger partial charge in [0.1, 0.15) is 5.75 Å². The molecule has 0 aliphatic carbocycles. The normalized spacial score (nSPS) is 22.3. The van der Waals surface area contributed by atoms with Crippen molar-refractivity contribution in [1.82, 2.24) is 9.21 Å². The van der Waals surface area contributed by atoms with Gasteiger partial charge in [-0.1, -0.05) is 6.92 Å². The van der Waals surface area contributed by atoms with Crippen LogP contribution < -0.4 is 4.74 Å². The van der Waals surface area contributed by atoms with Crippen molar-refractivity contribution < 1.29 is 4.74 Å². The summed E-state index contributed by atoms with van der Waals surface area (Å²) >= 11 is 1.90. The Hall–Kier alpha value is -0.710. The van der Waals surface area contributed by atoms with Crippen molar-refractivity contribution in [2.75, 3.05) is 39.8 Å². The summed E-state index contributed by atoms with van der Waals surface area (Å²) in [6, 6.07) is 8.41. The number of rotatable bonds is 5. The molecule has 2 aliphatic rings. The van der Waals surface area contributed by atoms with Gasteiger partial charge in [0, 0.05) is 24.5 Å². The van der Waals surface area contributed by atoms with Crippen molar-refractivity contribution in [2.45, 2.75) is 37.5 Å². The van der Waals surface area contributed by atoms with Crippen LogP contribution in [0.2, 0.25) is 0 Å². The number of hydrogen-bond donors (Lipinski definition) is 0. The van der Waals surface area contributed by atoms with Crippen molar-refractivity contribution in [3.63, 3.8) is 0 Å². The van der Waals surface area contributed by atoms with E-state index in [-0.39, 0.29) is 0 Å². The molecule has 0 spiro atoms. The van der Waals surface area contributed by atoms with Crippen LogP contribution in [-0.2, 0) is 0 Å². The molecular formula is C19H30N2OS. The Bertz CT molecular complexity index is 463. The minimum Gasteiger partial charge on any atom is -0.497 e. The minimum atomic E-state index is 0.899. The van der Waals surface area contributed by atoms with Crippen molar-refractivity contribution in [3.8, 4) is 5.75 Å². The zero-order valence-corrected chi connectivity index (χ0v) is 15.4. The summed E-state index contributed by atoms with van der Waals surface area (Å²) in [5.74, 6) is 2.77. The predicted molar refractivity (Wildman–Crippen MR) is 98.0 cm³/mol. The van der Waals surface area contributed by atoms with Gasteiger partial charge in [0.25, 0.3) is 0 Å². The first kappa shape index (κ1) is 17.1. The molecule has 0 bridgehead atoms. The summed E-state index contributed by atoms with van der Waals surface area (Å²) in [5.41, 5.74) is 0. The first-order chi connectivity index (χ1) is 11.2. The molecule has 0 amide bonds. The van der Waals surface area contributed by atoms with E-state index in [2.05, 4.69) is 28.3 Å². The van der Waals surface area contributed by atoms with Crippen LogP contribution in [0, 0.1) is 11.8 Å². The lowest BCUT2D eigenvalue weighted by Gasteiger charge is -2.36. The fraction of sp³-hybridized carbons (Fsp3) is 0.684. The third kappa shape index (κ3) is 5.13. The van der Waals surface area contributed by atoms with Gasteiger partial charge in [-0.05, 0) is 86.8 Å². The number of methoxy groups -OCH3 is 1. The molecule has 3 rings (SSSR count). The second-order valence-electron chi connectivity index (χ2n) is 7.12. The summed E-state index contributed by atoms with van der Waals surface area (Å²) in [5, 5.41) is 0. The van der Waals surface area contributed by atoms with Crippen molar-refractivity contribution in [2.24, 2.45) is 11.8 Å². The lowest BCUT2D eigenvalue weighted by Crippen LogP contribution is -2.39. The number of nitrogens with zero attached hydrogens (tertiary/aromatic N) is 2. The molecule has 2 heterocycles. The van der Waals surface area contributed by atoms with Gasteiger partial charge in [-0.15, -0.1) is 0 Å². The molecule has 1 aromatic rings. The number of hydrogen-bond acceptors (Lipinski definition) is 4. The Morgan fingerprint density at radius 2 is 1.65 bits per heavy atom. The maximum absolute atomic E-state index is 5.22. The topological polar surface area (TPSA) is 15.7 Å². The Labute approximate surface area is 145 Å². The maximum atomic E-state index is 5.22. The highest BCUT2D eigenvalue weighted by atomic mass is 32.2. The standard InChI is InChI=1S/C19H30N2OS/c1-16-7-11-20(12-8-16)15-17-9-13-21(14-10-17)23-19-5-3-18(22-2)4-6-19/h3-6,16-17H,7-15H2,1-2H3. The predicted octanol–water partition coefficient (Wildman–Crippen LogP) is 4.15. The first-order valence-electron chi connectivity index (χ1n) is 9.02. The van der Waals surface area contributed by atoms with Gasteiger partial charge in [0.2, 0.25) is 0 Å². The third-order valence-corrected chi connectivity index (χ3v) is 6.37. The summed E-state index contributed by atoms with van der Waals surface area (Å²) in [4.78, 5) is 4.02. The van der Waals surface area contributed by atoms with Gasteiger partial charge in [-0.3, -0.25) is 0 Å². The van der Waals surface area contributed by atoms with Crippen molar-refractivity contribution in [1.29, 1.82) is 0 Å². The quantitative estimate of drug-likeness (QED) is 0.752. The zero-order chi connectivity index (χ0) is 16.1. The summed E-state index contributed by atoms with van der Waals surface area (Å²) in [6.07, 6.45) is 5.47. The molecule has 0 saturated carbocycles. The van der Waals surface area contributed by atoms with Crippen molar-refractivity contribution >= 4 is 11.9 Å². The second-order valence-corrected chi connectivity index (χ2v) is 8.29. The highest BCUT2D eigenvalue weighted by Gasteiger charge is 2.23. The second kappa shape index (κ2) is 8.41. The Morgan fingerprint density at radius 3 is 2.26 bits per heavy atom. The molecule has 0 unspecified atom stereocenters. The van der Waals surface area contributed by atoms with E-state index in [1.54, 1.807) is 7.11 Å². The Kier molecular flexibility index (Phi) is 6.26. The van der Waals surface area contributed by atoms with E-state index in [9.17, 15) is 0 Å². The summed E-state index contributed by atoms with van der Waals surface area (Å²) in [6.45, 7) is 8.79. The van der Waals surface area contributed by atoms with E-state index in [0.717, 1.165) is 17.6 Å². The van der Waals surface area contributed by atoms with Crippen LogP contribution in [0.15, 0.2) is 29.2 Å². The molecule has 2 saturated heterocycles. The van der Waals surface area contributed by atoms with Gasteiger partial charge >= 0.3 is 0 Å². The van der Waals surface area contributed by atoms with Gasteiger partial charge < -0.3 is 9.64 Å². The van der Waals surface area contributed by atoms with Crippen LogP contribution in [0.1, 0.15) is 32.6 Å². The molecule has 1 aromatic carbocycles. The highest BCUT2D eigenvalue weighted by molar-refractivity contribution is 7.97. The summed E-state index contributed by atoms with van der Waals surface area (Å²) in [7, 11) is 1.72. The van der Waals surface area contributed by atoms with Gasteiger partial charge in [-0.25, -0.2) is 4.31 Å². The molecule has 3 nitrogen and oxygen atoms in total. The van der Waals surface area contributed by atoms with E-state index in [4.69, 9.17) is 4.74 Å². The van der Waals surface area contributed by atoms with Crippen LogP contribution in [0.5, 0.6) is 5.75 Å². The van der Waals surface area contributed by atoms with E-state index >= 15 is 0 Å². The summed E-state index contributed by atoms with van der Waals surface area (Å²) < 4.78 is 7.75. The largest absolute Gasteiger partial charge is 0.497 e. The van der Waals surface area contributed by atoms with Crippen molar-refractivity contribution in [3.05, 3.63) is 24.3 Å². The first-order valence-corrected chi connectivity index (χ1v) is 9.79. The fourth-order valence-corrected chi connectivity index (χ4v) is 4.53. The third-order valence-electron chi connectivity index (χ3n) is 5.26. The monoisotopic (exact) mass is 334 g/mol. The molecule has 0 radical (unpaired) electrons. The molecule has 0 atom stereocenters. The lowest BCUT2D eigenvalue weighted by atomic mass is 9.94. The Balaban J connectivity index is 1.39. The number of ether oxygens (including phenoxy) is 1. The number of piperidine rings is 2. The average molecular weight is 335 g/mol. The molecule has 23 heavy (non-hydrogen) atoms. The molecule has 128 valence electrons. The van der Waals surface area contributed by atoms with Crippen LogP contribution >= 0.6 is 11.9 Å². The van der Waals surface area contributed by atoms with E-state index in [1.165, 1.54) is 63.3 Å². The molecule has 0 N–H and O–H groups in total. The van der Waals surface area contributed by atoms with Crippen LogP contribution in [0.3, 0.4) is 0 Å². The number of likely N-dealkylation sites (tertiary alicyclic amines) is 1. The lowest BCUT2D eigenvalue weighted by molar-refractivity contribution is 0.144. The molecule has 0 aromatic heterocycles. The van der Waals surface area contributed by atoms with Gasteiger partial charge in [0.05, 0.1) is 7.11 Å². The molecule has 2 aliphatic heterocycles. The highest BCUT2D eigenvalue weighted by Crippen LogP contribution is 2.30. The number of benzene rings is 1. The van der Waals surface area contributed by atoms with E-state index in [0.29, 0.717) is 0 Å². The molecule has 4 heteroatoms. The maximum Gasteiger partial charge on any atom is 0.118 e. The molecule has 2 fully saturated rings. The zero-order valence-electron chi connectivity index (χ0n) is 14.5. The van der Waals surface area contributed by atoms with Crippen LogP contribution in [-0.4, -0.2) is 49.0 Å². The minimum absolute atomic E-state index is 0.899. The van der Waals surface area contributed by atoms with Crippen LogP contribution in [0.25, 0.3) is 0 Å². The van der Waals surface area contributed by atoms with Gasteiger partial charge in [0.15, 0.2) is 0 Å². The molecular weight excluding hydrogens is 304 g/mol. The van der Waals surface area contributed by atoms with E-state index in [1.807, 2.05) is 24.1 Å². The van der Waals surface area contributed by atoms with Gasteiger partial charge in [-0.2, -0.15) is 0 Å². The SMILES string of the molecule is COc1ccc(SN2CCC(CN3CCC(C)CC3)CC2)cc1. The van der Waals surface area contributed by atoms with Crippen LogP contribution in [0.4, 0.5) is 0 Å². The van der Waals surface area contributed by atoms with E-state index < -0.39 is 0 Å².